The maximum Gasteiger partial charge on any atom is 0.0224 e. The minimum Gasteiger partial charge on any atom is -0.328 e. The van der Waals surface area contributed by atoms with Gasteiger partial charge in [-0.3, -0.25) is 4.90 Å². The Labute approximate surface area is 113 Å². The normalized spacial score (nSPS) is 28.3. The zero-order valence-electron chi connectivity index (χ0n) is 12.5. The van der Waals surface area contributed by atoms with Crippen LogP contribution in [0.5, 0.6) is 0 Å². The van der Waals surface area contributed by atoms with Crippen LogP contribution in [0.4, 0.5) is 0 Å². The Hall–Kier alpha value is -0.120. The first-order valence-corrected chi connectivity index (χ1v) is 7.66. The molecule has 0 radical (unpaired) electrons. The zero-order valence-corrected chi connectivity index (χ0v) is 12.5. The van der Waals surface area contributed by atoms with E-state index in [1.165, 1.54) is 45.6 Å². The van der Waals surface area contributed by atoms with Gasteiger partial charge in [0.2, 0.25) is 0 Å². The molecule has 2 rings (SSSR count). The fourth-order valence-electron chi connectivity index (χ4n) is 3.50. The standard InChI is InChI=1S/C15H31N3/c1-15(2,3)11-13(16)6-8-17-9-10-18-7-4-5-14(18)12-17/h13-14H,4-12,16H2,1-3H3. The molecular weight excluding hydrogens is 222 g/mol. The highest BCUT2D eigenvalue weighted by Crippen LogP contribution is 2.23. The largest absolute Gasteiger partial charge is 0.328 e. The Balaban J connectivity index is 1.67. The van der Waals surface area contributed by atoms with E-state index in [-0.39, 0.29) is 0 Å². The van der Waals surface area contributed by atoms with Gasteiger partial charge in [0.05, 0.1) is 0 Å². The second kappa shape index (κ2) is 5.89. The van der Waals surface area contributed by atoms with Crippen LogP contribution in [0, 0.1) is 5.41 Å². The van der Waals surface area contributed by atoms with Crippen LogP contribution in [-0.2, 0) is 0 Å². The third kappa shape index (κ3) is 4.22. The molecule has 0 aromatic rings. The molecule has 0 amide bonds. The Kier molecular flexibility index (Phi) is 4.68. The van der Waals surface area contributed by atoms with Gasteiger partial charge in [-0.25, -0.2) is 0 Å². The lowest BCUT2D eigenvalue weighted by atomic mass is 9.87. The summed E-state index contributed by atoms with van der Waals surface area (Å²) in [5.74, 6) is 0. The van der Waals surface area contributed by atoms with Crippen LogP contribution in [0.25, 0.3) is 0 Å². The summed E-state index contributed by atoms with van der Waals surface area (Å²) >= 11 is 0. The minimum absolute atomic E-state index is 0.365. The lowest BCUT2D eigenvalue weighted by Crippen LogP contribution is -2.50. The molecule has 0 aliphatic carbocycles. The first-order chi connectivity index (χ1) is 8.44. The van der Waals surface area contributed by atoms with Crippen LogP contribution in [0.3, 0.4) is 0 Å². The maximum atomic E-state index is 6.25. The minimum atomic E-state index is 0.365. The summed E-state index contributed by atoms with van der Waals surface area (Å²) in [5.41, 5.74) is 6.61. The van der Waals surface area contributed by atoms with Crippen molar-refractivity contribution in [3.8, 4) is 0 Å². The number of fused-ring (bicyclic) bond motifs is 1. The van der Waals surface area contributed by atoms with Crippen molar-refractivity contribution in [2.24, 2.45) is 11.1 Å². The van der Waals surface area contributed by atoms with Gasteiger partial charge in [0.15, 0.2) is 0 Å². The van der Waals surface area contributed by atoms with Crippen molar-refractivity contribution < 1.29 is 0 Å². The SMILES string of the molecule is CC(C)(C)CC(N)CCN1CCN2CCCC2C1. The molecule has 3 heteroatoms. The van der Waals surface area contributed by atoms with Crippen molar-refractivity contribution in [1.82, 2.24) is 9.80 Å². The molecule has 2 N–H and O–H groups in total. The van der Waals surface area contributed by atoms with Gasteiger partial charge in [-0.15, -0.1) is 0 Å². The van der Waals surface area contributed by atoms with E-state index in [0.29, 0.717) is 11.5 Å². The van der Waals surface area contributed by atoms with Crippen LogP contribution in [-0.4, -0.2) is 54.6 Å². The number of nitrogens with zero attached hydrogens (tertiary/aromatic N) is 2. The van der Waals surface area contributed by atoms with Crippen LogP contribution in [0.15, 0.2) is 0 Å². The molecule has 106 valence electrons. The third-order valence-corrected chi connectivity index (χ3v) is 4.36. The first kappa shape index (κ1) is 14.3. The summed E-state index contributed by atoms with van der Waals surface area (Å²) in [4.78, 5) is 5.31. The summed E-state index contributed by atoms with van der Waals surface area (Å²) in [5, 5.41) is 0. The number of hydrogen-bond acceptors (Lipinski definition) is 3. The average Bonchev–Trinajstić information content (AvgIpc) is 2.71. The molecule has 2 heterocycles. The molecule has 18 heavy (non-hydrogen) atoms. The molecule has 2 saturated heterocycles. The Morgan fingerprint density at radius 3 is 2.72 bits per heavy atom. The summed E-state index contributed by atoms with van der Waals surface area (Å²) < 4.78 is 0. The maximum absolute atomic E-state index is 6.25. The smallest absolute Gasteiger partial charge is 0.0224 e. The van der Waals surface area contributed by atoms with Crippen molar-refractivity contribution in [3.05, 3.63) is 0 Å². The first-order valence-electron chi connectivity index (χ1n) is 7.66. The summed E-state index contributed by atoms with van der Waals surface area (Å²) in [6.07, 6.45) is 5.10. The van der Waals surface area contributed by atoms with Crippen molar-refractivity contribution in [1.29, 1.82) is 0 Å². The lowest BCUT2D eigenvalue weighted by Gasteiger charge is -2.38. The van der Waals surface area contributed by atoms with Crippen molar-refractivity contribution >= 4 is 0 Å². The fraction of sp³-hybridized carbons (Fsp3) is 1.00. The second-order valence-electron chi connectivity index (χ2n) is 7.45. The molecule has 3 nitrogen and oxygen atoms in total. The predicted molar refractivity (Wildman–Crippen MR) is 77.7 cm³/mol. The predicted octanol–water partition coefficient (Wildman–Crippen LogP) is 1.92. The average molecular weight is 253 g/mol. The van der Waals surface area contributed by atoms with E-state index in [9.17, 15) is 0 Å². The summed E-state index contributed by atoms with van der Waals surface area (Å²) in [6, 6.07) is 1.21. The van der Waals surface area contributed by atoms with Gasteiger partial charge in [0.1, 0.15) is 0 Å². The molecule has 0 saturated carbocycles. The molecule has 2 fully saturated rings. The van der Waals surface area contributed by atoms with E-state index in [4.69, 9.17) is 5.73 Å². The van der Waals surface area contributed by atoms with Gasteiger partial charge >= 0.3 is 0 Å². The summed E-state index contributed by atoms with van der Waals surface area (Å²) in [7, 11) is 0. The van der Waals surface area contributed by atoms with Gasteiger partial charge in [-0.1, -0.05) is 20.8 Å². The van der Waals surface area contributed by atoms with Gasteiger partial charge < -0.3 is 10.6 Å². The molecule has 0 aromatic carbocycles. The second-order valence-corrected chi connectivity index (χ2v) is 7.45. The Bertz CT molecular complexity index is 259. The molecule has 0 aromatic heterocycles. The van der Waals surface area contributed by atoms with Gasteiger partial charge in [0, 0.05) is 31.7 Å². The highest BCUT2D eigenvalue weighted by atomic mass is 15.3. The molecule has 2 atom stereocenters. The van der Waals surface area contributed by atoms with E-state index in [2.05, 4.69) is 30.6 Å². The lowest BCUT2D eigenvalue weighted by molar-refractivity contribution is 0.101. The molecule has 0 spiro atoms. The van der Waals surface area contributed by atoms with Crippen LogP contribution < -0.4 is 5.73 Å². The molecular formula is C15H31N3. The van der Waals surface area contributed by atoms with E-state index in [0.717, 1.165) is 18.9 Å². The molecule has 0 bridgehead atoms. The topological polar surface area (TPSA) is 32.5 Å². The summed E-state index contributed by atoms with van der Waals surface area (Å²) in [6.45, 7) is 13.2. The Morgan fingerprint density at radius 1 is 1.22 bits per heavy atom. The van der Waals surface area contributed by atoms with Crippen LogP contribution in [0.2, 0.25) is 0 Å². The molecule has 2 aliphatic rings. The number of piperazine rings is 1. The molecule has 2 unspecified atom stereocenters. The highest BCUT2D eigenvalue weighted by Gasteiger charge is 2.30. The van der Waals surface area contributed by atoms with Gasteiger partial charge in [0.25, 0.3) is 0 Å². The monoisotopic (exact) mass is 253 g/mol. The van der Waals surface area contributed by atoms with Gasteiger partial charge in [-0.05, 0) is 44.2 Å². The number of hydrogen-bond donors (Lipinski definition) is 1. The van der Waals surface area contributed by atoms with E-state index in [1.54, 1.807) is 0 Å². The van der Waals surface area contributed by atoms with Crippen molar-refractivity contribution in [2.45, 2.75) is 58.5 Å². The zero-order chi connectivity index (χ0) is 13.2. The number of nitrogens with two attached hydrogens (primary N) is 1. The third-order valence-electron chi connectivity index (χ3n) is 4.36. The van der Waals surface area contributed by atoms with Crippen molar-refractivity contribution in [2.75, 3.05) is 32.7 Å². The Morgan fingerprint density at radius 2 is 2.00 bits per heavy atom. The van der Waals surface area contributed by atoms with E-state index >= 15 is 0 Å². The van der Waals surface area contributed by atoms with Crippen LogP contribution >= 0.6 is 0 Å². The quantitative estimate of drug-likeness (QED) is 0.831. The van der Waals surface area contributed by atoms with E-state index in [1.807, 2.05) is 0 Å². The highest BCUT2D eigenvalue weighted by molar-refractivity contribution is 4.87. The fourth-order valence-corrected chi connectivity index (χ4v) is 3.50. The van der Waals surface area contributed by atoms with Crippen LogP contribution in [0.1, 0.15) is 46.5 Å². The van der Waals surface area contributed by atoms with Crippen molar-refractivity contribution in [3.63, 3.8) is 0 Å². The van der Waals surface area contributed by atoms with E-state index < -0.39 is 0 Å². The number of rotatable bonds is 4. The van der Waals surface area contributed by atoms with Gasteiger partial charge in [-0.2, -0.15) is 0 Å². The molecule has 2 aliphatic heterocycles.